The summed E-state index contributed by atoms with van der Waals surface area (Å²) in [7, 11) is -3.96. The number of benzene rings is 2. The van der Waals surface area contributed by atoms with Gasteiger partial charge in [0, 0.05) is 35.1 Å². The molecule has 0 saturated carbocycles. The molecule has 2 aromatic carbocycles. The Morgan fingerprint density at radius 1 is 0.974 bits per heavy atom. The number of rotatable bonds is 7. The summed E-state index contributed by atoms with van der Waals surface area (Å²) < 4.78 is 28.5. The summed E-state index contributed by atoms with van der Waals surface area (Å²) in [6.45, 7) is 2.00. The minimum Gasteiger partial charge on any atom is -0.369 e. The van der Waals surface area contributed by atoms with Crippen LogP contribution in [0.5, 0.6) is 0 Å². The van der Waals surface area contributed by atoms with Crippen LogP contribution >= 0.6 is 0 Å². The van der Waals surface area contributed by atoms with Crippen LogP contribution in [-0.4, -0.2) is 57.8 Å². The number of piperidine rings is 1. The van der Waals surface area contributed by atoms with E-state index in [4.69, 9.17) is 5.73 Å². The third-order valence-electron chi connectivity index (χ3n) is 7.13. The molecule has 0 aliphatic carbocycles. The van der Waals surface area contributed by atoms with Crippen molar-refractivity contribution in [1.82, 2.24) is 23.8 Å². The topological polar surface area (TPSA) is 136 Å². The number of carbonyl (C=O) groups excluding carboxylic acids is 1. The lowest BCUT2D eigenvalue weighted by molar-refractivity contribution is -0.119. The Kier molecular flexibility index (Phi) is 6.45. The minimum atomic E-state index is -3.96. The van der Waals surface area contributed by atoms with Crippen molar-refractivity contribution in [2.24, 2.45) is 5.73 Å². The quantitative estimate of drug-likeness (QED) is 0.319. The van der Waals surface area contributed by atoms with Crippen LogP contribution in [0.4, 0.5) is 11.6 Å². The van der Waals surface area contributed by atoms with Crippen molar-refractivity contribution in [2.75, 3.05) is 25.0 Å². The Bertz CT molecular complexity index is 1770. The summed E-state index contributed by atoms with van der Waals surface area (Å²) in [5, 5.41) is 4.54. The van der Waals surface area contributed by atoms with Crippen molar-refractivity contribution in [3.8, 4) is 0 Å². The Morgan fingerprint density at radius 3 is 2.51 bits per heavy atom. The number of carbonyl (C=O) groups is 1. The van der Waals surface area contributed by atoms with E-state index in [9.17, 15) is 13.2 Å². The number of likely N-dealkylation sites (tertiary alicyclic amines) is 1. The maximum absolute atomic E-state index is 13.7. The monoisotopic (exact) mass is 541 g/mol. The molecule has 1 fully saturated rings. The van der Waals surface area contributed by atoms with Crippen LogP contribution in [0.3, 0.4) is 0 Å². The van der Waals surface area contributed by atoms with Gasteiger partial charge in [-0.15, -0.1) is 0 Å². The summed E-state index contributed by atoms with van der Waals surface area (Å²) in [6, 6.07) is 18.5. The first-order valence-corrected chi connectivity index (χ1v) is 14.1. The SMILES string of the molecule is NC(=O)CN1CCC(c2ccc(Nc3ncc4ccn(S(=O)(=O)c5cccc6cccnc56)c4n3)cc2)CC1. The highest BCUT2D eigenvalue weighted by atomic mass is 32.2. The van der Waals surface area contributed by atoms with E-state index < -0.39 is 10.0 Å². The molecule has 0 radical (unpaired) electrons. The zero-order valence-electron chi connectivity index (χ0n) is 21.1. The standard InChI is InChI=1S/C28H27N7O3S/c29-25(36)18-34-14-10-20(11-15-34)19-6-8-23(9-7-19)32-28-31-17-22-12-16-35(27(22)33-28)39(37,38)24-5-1-3-21-4-2-13-30-26(21)24/h1-9,12-13,16-17,20H,10-11,14-15,18H2,(H2,29,36)(H,31,32,33). The van der Waals surface area contributed by atoms with Gasteiger partial charge < -0.3 is 11.1 Å². The molecule has 39 heavy (non-hydrogen) atoms. The predicted molar refractivity (Wildman–Crippen MR) is 149 cm³/mol. The van der Waals surface area contributed by atoms with Gasteiger partial charge in [0.25, 0.3) is 10.0 Å². The molecular formula is C28H27N7O3S. The van der Waals surface area contributed by atoms with Crippen molar-refractivity contribution in [2.45, 2.75) is 23.7 Å². The lowest BCUT2D eigenvalue weighted by Crippen LogP contribution is -2.39. The molecule has 4 heterocycles. The van der Waals surface area contributed by atoms with Crippen molar-refractivity contribution >= 4 is 49.5 Å². The first kappa shape index (κ1) is 25.0. The van der Waals surface area contributed by atoms with E-state index in [1.165, 1.54) is 15.7 Å². The minimum absolute atomic E-state index is 0.113. The van der Waals surface area contributed by atoms with E-state index in [0.717, 1.165) is 37.0 Å². The highest BCUT2D eigenvalue weighted by Crippen LogP contribution is 2.30. The molecule has 6 rings (SSSR count). The highest BCUT2D eigenvalue weighted by molar-refractivity contribution is 7.90. The van der Waals surface area contributed by atoms with E-state index in [1.54, 1.807) is 36.7 Å². The Hall–Kier alpha value is -4.35. The van der Waals surface area contributed by atoms with Gasteiger partial charge in [0.1, 0.15) is 4.90 Å². The smallest absolute Gasteiger partial charge is 0.271 e. The van der Waals surface area contributed by atoms with Crippen LogP contribution in [0.1, 0.15) is 24.3 Å². The fourth-order valence-electron chi connectivity index (χ4n) is 5.15. The van der Waals surface area contributed by atoms with Crippen LogP contribution in [0.25, 0.3) is 21.9 Å². The number of hydrogen-bond acceptors (Lipinski definition) is 8. The van der Waals surface area contributed by atoms with Crippen molar-refractivity contribution in [3.63, 3.8) is 0 Å². The number of anilines is 2. The second-order valence-electron chi connectivity index (χ2n) is 9.68. The number of pyridine rings is 1. The molecule has 0 atom stereocenters. The molecule has 0 unspecified atom stereocenters. The number of fused-ring (bicyclic) bond motifs is 2. The number of aromatic nitrogens is 4. The van der Waals surface area contributed by atoms with Crippen molar-refractivity contribution in [1.29, 1.82) is 0 Å². The molecule has 1 amide bonds. The van der Waals surface area contributed by atoms with E-state index in [1.807, 2.05) is 24.3 Å². The fraction of sp³-hybridized carbons (Fsp3) is 0.214. The largest absolute Gasteiger partial charge is 0.369 e. The molecule has 0 spiro atoms. The number of para-hydroxylation sites is 1. The first-order chi connectivity index (χ1) is 18.9. The molecule has 1 saturated heterocycles. The molecular weight excluding hydrogens is 514 g/mol. The van der Waals surface area contributed by atoms with Gasteiger partial charge in [-0.1, -0.05) is 30.3 Å². The lowest BCUT2D eigenvalue weighted by Gasteiger charge is -2.31. The molecule has 1 aliphatic heterocycles. The molecule has 198 valence electrons. The van der Waals surface area contributed by atoms with Crippen LogP contribution < -0.4 is 11.1 Å². The Balaban J connectivity index is 1.23. The van der Waals surface area contributed by atoms with Crippen molar-refractivity contribution in [3.05, 3.63) is 84.8 Å². The second-order valence-corrected chi connectivity index (χ2v) is 11.5. The number of primary amides is 1. The second kappa shape index (κ2) is 10.1. The van der Waals surface area contributed by atoms with Gasteiger partial charge in [0.15, 0.2) is 5.65 Å². The maximum atomic E-state index is 13.7. The average Bonchev–Trinajstić information content (AvgIpc) is 3.38. The van der Waals surface area contributed by atoms with Gasteiger partial charge in [-0.2, -0.15) is 4.98 Å². The molecule has 3 N–H and O–H groups in total. The zero-order valence-corrected chi connectivity index (χ0v) is 21.9. The number of hydrogen-bond donors (Lipinski definition) is 2. The lowest BCUT2D eigenvalue weighted by atomic mass is 9.89. The van der Waals surface area contributed by atoms with Gasteiger partial charge in [0.05, 0.1) is 12.1 Å². The number of nitrogens with one attached hydrogen (secondary N) is 1. The number of amides is 1. The van der Waals surface area contributed by atoms with Gasteiger partial charge in [-0.3, -0.25) is 14.7 Å². The molecule has 0 bridgehead atoms. The van der Waals surface area contributed by atoms with Gasteiger partial charge >= 0.3 is 0 Å². The van der Waals surface area contributed by atoms with Crippen LogP contribution in [0, 0.1) is 0 Å². The molecule has 11 heteroatoms. The summed E-state index contributed by atoms with van der Waals surface area (Å²) in [6.07, 6.45) is 6.61. The summed E-state index contributed by atoms with van der Waals surface area (Å²) in [4.78, 5) is 26.6. The fourth-order valence-corrected chi connectivity index (χ4v) is 6.62. The highest BCUT2D eigenvalue weighted by Gasteiger charge is 2.24. The third kappa shape index (κ3) is 4.93. The number of nitrogens with two attached hydrogens (primary N) is 1. The third-order valence-corrected chi connectivity index (χ3v) is 8.83. The number of nitrogens with zero attached hydrogens (tertiary/aromatic N) is 5. The van der Waals surface area contributed by atoms with E-state index in [-0.39, 0.29) is 16.4 Å². The summed E-state index contributed by atoms with van der Waals surface area (Å²) in [5.41, 5.74) is 8.04. The van der Waals surface area contributed by atoms with E-state index in [0.29, 0.717) is 29.3 Å². The Labute approximate surface area is 225 Å². The Morgan fingerprint density at radius 2 is 1.74 bits per heavy atom. The summed E-state index contributed by atoms with van der Waals surface area (Å²) in [5.74, 6) is 0.425. The van der Waals surface area contributed by atoms with E-state index >= 15 is 0 Å². The molecule has 1 aliphatic rings. The average molecular weight is 542 g/mol. The zero-order chi connectivity index (χ0) is 27.0. The normalized spacial score (nSPS) is 15.1. The first-order valence-electron chi connectivity index (χ1n) is 12.7. The van der Waals surface area contributed by atoms with Crippen molar-refractivity contribution < 1.29 is 13.2 Å². The maximum Gasteiger partial charge on any atom is 0.271 e. The van der Waals surface area contributed by atoms with E-state index in [2.05, 4.69) is 37.3 Å². The molecule has 3 aromatic heterocycles. The molecule has 5 aromatic rings. The van der Waals surface area contributed by atoms with Gasteiger partial charge in [-0.25, -0.2) is 17.4 Å². The van der Waals surface area contributed by atoms with Crippen LogP contribution in [0.15, 0.2) is 84.1 Å². The van der Waals surface area contributed by atoms with Crippen LogP contribution in [-0.2, 0) is 14.8 Å². The summed E-state index contributed by atoms with van der Waals surface area (Å²) >= 11 is 0. The van der Waals surface area contributed by atoms with Gasteiger partial charge in [-0.05, 0) is 67.7 Å². The predicted octanol–water partition coefficient (Wildman–Crippen LogP) is 3.62. The van der Waals surface area contributed by atoms with Gasteiger partial charge in [0.2, 0.25) is 11.9 Å². The molecule has 10 nitrogen and oxygen atoms in total. The van der Waals surface area contributed by atoms with Crippen LogP contribution in [0.2, 0.25) is 0 Å².